The van der Waals surface area contributed by atoms with E-state index >= 15 is 0 Å². The molecule has 0 aliphatic carbocycles. The lowest BCUT2D eigenvalue weighted by Crippen LogP contribution is -2.47. The molecule has 25 heavy (non-hydrogen) atoms. The quantitative estimate of drug-likeness (QED) is 0.755. The highest BCUT2D eigenvalue weighted by atomic mass is 35.5. The fraction of sp³-hybridized carbons (Fsp3) is 0.312. The lowest BCUT2D eigenvalue weighted by molar-refractivity contribution is 0.419. The Balaban J connectivity index is 1.54. The fourth-order valence-electron chi connectivity index (χ4n) is 2.88. The maximum Gasteiger partial charge on any atom is 0.264 e. The SMILES string of the molecule is COc1ccc(Cl)c2sc(N3CCN(c4ccc(=O)[nH]n4)CC3)nc12. The van der Waals surface area contributed by atoms with Crippen LogP contribution in [0.3, 0.4) is 0 Å². The molecule has 4 rings (SSSR count). The average molecular weight is 378 g/mol. The second kappa shape index (κ2) is 6.53. The Morgan fingerprint density at radius 3 is 2.60 bits per heavy atom. The van der Waals surface area contributed by atoms with E-state index in [1.807, 2.05) is 12.1 Å². The number of hydrogen-bond acceptors (Lipinski definition) is 7. The lowest BCUT2D eigenvalue weighted by atomic mass is 10.3. The number of hydrogen-bond donors (Lipinski definition) is 1. The molecule has 0 saturated carbocycles. The molecule has 1 aliphatic heterocycles. The molecule has 3 aromatic rings. The van der Waals surface area contributed by atoms with Crippen LogP contribution in [0, 0.1) is 0 Å². The van der Waals surface area contributed by atoms with Crippen molar-refractivity contribution < 1.29 is 4.74 Å². The van der Waals surface area contributed by atoms with Crippen molar-refractivity contribution in [2.45, 2.75) is 0 Å². The standard InChI is InChI=1S/C16H16ClN5O2S/c1-24-11-3-2-10(17)15-14(11)18-16(25-15)22-8-6-21(7-9-22)12-4-5-13(23)20-19-12/h2-5H,6-9H2,1H3,(H,20,23). The number of ether oxygens (including phenoxy) is 1. The number of benzene rings is 1. The Morgan fingerprint density at radius 2 is 1.92 bits per heavy atom. The summed E-state index contributed by atoms with van der Waals surface area (Å²) in [5.74, 6) is 1.52. The van der Waals surface area contributed by atoms with Crippen LogP contribution in [0.2, 0.25) is 5.02 Å². The normalized spacial score (nSPS) is 15.0. The molecule has 1 aliphatic rings. The molecule has 0 bridgehead atoms. The lowest BCUT2D eigenvalue weighted by Gasteiger charge is -2.34. The summed E-state index contributed by atoms with van der Waals surface area (Å²) in [5.41, 5.74) is 0.613. The third-order valence-electron chi connectivity index (χ3n) is 4.21. The van der Waals surface area contributed by atoms with Crippen LogP contribution in [0.1, 0.15) is 0 Å². The average Bonchev–Trinajstić information content (AvgIpc) is 3.09. The van der Waals surface area contributed by atoms with Crippen LogP contribution in [0.5, 0.6) is 5.75 Å². The minimum absolute atomic E-state index is 0.192. The Kier molecular flexibility index (Phi) is 4.22. The van der Waals surface area contributed by atoms with Gasteiger partial charge in [0.2, 0.25) is 0 Å². The van der Waals surface area contributed by atoms with Crippen LogP contribution in [0.25, 0.3) is 10.2 Å². The van der Waals surface area contributed by atoms with E-state index in [9.17, 15) is 4.79 Å². The Bertz CT molecular complexity index is 944. The van der Waals surface area contributed by atoms with E-state index in [-0.39, 0.29) is 5.56 Å². The monoisotopic (exact) mass is 377 g/mol. The molecule has 1 saturated heterocycles. The van der Waals surface area contributed by atoms with Gasteiger partial charge in [0.25, 0.3) is 5.56 Å². The van der Waals surface area contributed by atoms with Crippen LogP contribution in [0.4, 0.5) is 10.9 Å². The predicted molar refractivity (Wildman–Crippen MR) is 100 cm³/mol. The number of methoxy groups -OCH3 is 1. The summed E-state index contributed by atoms with van der Waals surface area (Å²) >= 11 is 7.89. The maximum atomic E-state index is 11.1. The molecule has 0 atom stereocenters. The number of fused-ring (bicyclic) bond motifs is 1. The summed E-state index contributed by atoms with van der Waals surface area (Å²) in [5, 5.41) is 8.20. The topological polar surface area (TPSA) is 74.3 Å². The van der Waals surface area contributed by atoms with Gasteiger partial charge in [-0.05, 0) is 18.2 Å². The summed E-state index contributed by atoms with van der Waals surface area (Å²) in [6.45, 7) is 3.25. The molecule has 1 N–H and O–H groups in total. The van der Waals surface area contributed by atoms with E-state index in [1.165, 1.54) is 6.07 Å². The molecule has 0 amide bonds. The first-order valence-corrected chi connectivity index (χ1v) is 9.04. The minimum atomic E-state index is -0.192. The number of thiazole rings is 1. The van der Waals surface area contributed by atoms with Crippen molar-refractivity contribution in [1.82, 2.24) is 15.2 Å². The van der Waals surface area contributed by atoms with Gasteiger partial charge in [-0.2, -0.15) is 5.10 Å². The molecule has 0 radical (unpaired) electrons. The largest absolute Gasteiger partial charge is 0.494 e. The smallest absolute Gasteiger partial charge is 0.264 e. The summed E-state index contributed by atoms with van der Waals surface area (Å²) in [6, 6.07) is 6.92. The molecule has 1 fully saturated rings. The second-order valence-corrected chi connectivity index (χ2v) is 7.06. The van der Waals surface area contributed by atoms with E-state index < -0.39 is 0 Å². The van der Waals surface area contributed by atoms with Gasteiger partial charge in [-0.25, -0.2) is 10.1 Å². The van der Waals surface area contributed by atoms with Crippen molar-refractivity contribution in [3.8, 4) is 5.75 Å². The predicted octanol–water partition coefficient (Wildman–Crippen LogP) is 2.37. The first-order chi connectivity index (χ1) is 12.2. The van der Waals surface area contributed by atoms with Crippen LogP contribution in [0.15, 0.2) is 29.1 Å². The molecule has 7 nitrogen and oxygen atoms in total. The van der Waals surface area contributed by atoms with Gasteiger partial charge in [-0.15, -0.1) is 0 Å². The van der Waals surface area contributed by atoms with Gasteiger partial charge in [0.15, 0.2) is 5.13 Å². The van der Waals surface area contributed by atoms with Crippen molar-refractivity contribution in [1.29, 1.82) is 0 Å². The van der Waals surface area contributed by atoms with Crippen molar-refractivity contribution in [2.75, 3.05) is 43.1 Å². The number of anilines is 2. The van der Waals surface area contributed by atoms with Gasteiger partial charge in [0, 0.05) is 32.2 Å². The number of aromatic nitrogens is 3. The molecule has 130 valence electrons. The second-order valence-electron chi connectivity index (χ2n) is 5.68. The number of aromatic amines is 1. The zero-order valence-electron chi connectivity index (χ0n) is 13.5. The molecule has 0 spiro atoms. The zero-order valence-corrected chi connectivity index (χ0v) is 15.1. The highest BCUT2D eigenvalue weighted by Gasteiger charge is 2.22. The number of nitrogens with one attached hydrogen (secondary N) is 1. The van der Waals surface area contributed by atoms with Crippen molar-refractivity contribution in [3.63, 3.8) is 0 Å². The molecule has 0 unspecified atom stereocenters. The van der Waals surface area contributed by atoms with Gasteiger partial charge in [0.05, 0.1) is 16.8 Å². The number of piperazine rings is 1. The number of H-pyrrole nitrogens is 1. The first kappa shape index (κ1) is 16.2. The highest BCUT2D eigenvalue weighted by Crippen LogP contribution is 2.38. The minimum Gasteiger partial charge on any atom is -0.494 e. The van der Waals surface area contributed by atoms with Gasteiger partial charge >= 0.3 is 0 Å². The number of rotatable bonds is 3. The third kappa shape index (κ3) is 3.03. The van der Waals surface area contributed by atoms with E-state index in [2.05, 4.69) is 20.0 Å². The van der Waals surface area contributed by atoms with Gasteiger partial charge in [0.1, 0.15) is 17.1 Å². The summed E-state index contributed by atoms with van der Waals surface area (Å²) in [7, 11) is 1.64. The van der Waals surface area contributed by atoms with Crippen molar-refractivity contribution in [3.05, 3.63) is 39.6 Å². The number of halogens is 1. The van der Waals surface area contributed by atoms with Crippen molar-refractivity contribution in [2.24, 2.45) is 0 Å². The fourth-order valence-corrected chi connectivity index (χ4v) is 4.19. The van der Waals surface area contributed by atoms with Crippen LogP contribution < -0.4 is 20.1 Å². The van der Waals surface area contributed by atoms with Crippen LogP contribution in [-0.4, -0.2) is 48.5 Å². The Labute approximate surface area is 152 Å². The highest BCUT2D eigenvalue weighted by molar-refractivity contribution is 7.22. The molecular formula is C16H16ClN5O2S. The Hall–Kier alpha value is -2.32. The molecular weight excluding hydrogens is 362 g/mol. The van der Waals surface area contributed by atoms with Gasteiger partial charge in [-0.3, -0.25) is 4.79 Å². The zero-order chi connectivity index (χ0) is 17.4. The van der Waals surface area contributed by atoms with E-state index in [1.54, 1.807) is 24.5 Å². The van der Waals surface area contributed by atoms with E-state index in [0.717, 1.165) is 53.1 Å². The van der Waals surface area contributed by atoms with Crippen LogP contribution in [-0.2, 0) is 0 Å². The molecule has 1 aromatic carbocycles. The number of nitrogens with zero attached hydrogens (tertiary/aromatic N) is 4. The summed E-state index contributed by atoms with van der Waals surface area (Å²) in [6.07, 6.45) is 0. The summed E-state index contributed by atoms with van der Waals surface area (Å²) in [4.78, 5) is 20.2. The van der Waals surface area contributed by atoms with Crippen molar-refractivity contribution >= 4 is 44.1 Å². The van der Waals surface area contributed by atoms with Crippen LogP contribution >= 0.6 is 22.9 Å². The molecule has 2 aromatic heterocycles. The van der Waals surface area contributed by atoms with Gasteiger partial charge in [-0.1, -0.05) is 22.9 Å². The van der Waals surface area contributed by atoms with E-state index in [0.29, 0.717) is 5.02 Å². The van der Waals surface area contributed by atoms with Gasteiger partial charge < -0.3 is 14.5 Å². The molecule has 3 heterocycles. The van der Waals surface area contributed by atoms with E-state index in [4.69, 9.17) is 21.3 Å². The maximum absolute atomic E-state index is 11.1. The Morgan fingerprint density at radius 1 is 1.16 bits per heavy atom. The first-order valence-electron chi connectivity index (χ1n) is 7.84. The summed E-state index contributed by atoms with van der Waals surface area (Å²) < 4.78 is 6.33. The third-order valence-corrected chi connectivity index (χ3v) is 5.78. The molecule has 9 heteroatoms.